The average Bonchev–Trinajstić information content (AvgIpc) is 3.30. The Kier molecular flexibility index (Phi) is 5.16. The number of halogens is 2. The van der Waals surface area contributed by atoms with E-state index in [1.165, 1.54) is 12.1 Å². The number of sulfone groups is 1. The number of carbonyl (C=O) groups excluding carboxylic acids is 1. The van der Waals surface area contributed by atoms with Gasteiger partial charge in [-0.3, -0.25) is 4.79 Å². The van der Waals surface area contributed by atoms with Crippen LogP contribution < -0.4 is 0 Å². The summed E-state index contributed by atoms with van der Waals surface area (Å²) in [5.41, 5.74) is 0.322. The summed E-state index contributed by atoms with van der Waals surface area (Å²) in [6, 6.07) is 4.73. The highest BCUT2D eigenvalue weighted by Gasteiger charge is 2.28. The molecule has 1 aliphatic rings. The minimum absolute atomic E-state index is 0.185. The van der Waals surface area contributed by atoms with Gasteiger partial charge in [-0.1, -0.05) is 6.92 Å². The third-order valence-electron chi connectivity index (χ3n) is 3.62. The Morgan fingerprint density at radius 3 is 2.32 bits per heavy atom. The van der Waals surface area contributed by atoms with Gasteiger partial charge in [0.1, 0.15) is 0 Å². The number of nitrogens with zero attached hydrogens (tertiary/aromatic N) is 1. The normalized spacial score (nSPS) is 15.1. The van der Waals surface area contributed by atoms with Crippen molar-refractivity contribution in [2.24, 2.45) is 5.92 Å². The Morgan fingerprint density at radius 2 is 1.86 bits per heavy atom. The van der Waals surface area contributed by atoms with E-state index in [0.29, 0.717) is 24.6 Å². The van der Waals surface area contributed by atoms with Crippen LogP contribution in [0.4, 0.5) is 8.78 Å². The molecular weight excluding hydrogens is 312 g/mol. The van der Waals surface area contributed by atoms with Crippen molar-refractivity contribution >= 4 is 15.7 Å². The highest BCUT2D eigenvalue weighted by Crippen LogP contribution is 2.30. The third kappa shape index (κ3) is 3.82. The van der Waals surface area contributed by atoms with Crippen LogP contribution in [0, 0.1) is 5.92 Å². The molecule has 0 radical (unpaired) electrons. The summed E-state index contributed by atoms with van der Waals surface area (Å²) in [5, 5.41) is 0. The zero-order valence-corrected chi connectivity index (χ0v) is 13.2. The highest BCUT2D eigenvalue weighted by molar-refractivity contribution is 7.91. The summed E-state index contributed by atoms with van der Waals surface area (Å²) >= 11 is 0. The summed E-state index contributed by atoms with van der Waals surface area (Å²) in [6.07, 6.45) is 3.08. The predicted molar refractivity (Wildman–Crippen MR) is 78.6 cm³/mol. The molecule has 0 aliphatic heterocycles. The molecule has 0 N–H and O–H groups in total. The maximum absolute atomic E-state index is 12.5. The van der Waals surface area contributed by atoms with Crippen molar-refractivity contribution in [3.05, 3.63) is 29.8 Å². The van der Waals surface area contributed by atoms with Crippen molar-refractivity contribution in [3.8, 4) is 0 Å². The monoisotopic (exact) mass is 331 g/mol. The van der Waals surface area contributed by atoms with Gasteiger partial charge in [-0.2, -0.15) is 8.78 Å². The lowest BCUT2D eigenvalue weighted by molar-refractivity contribution is 0.0747. The minimum Gasteiger partial charge on any atom is -0.338 e. The molecule has 0 bridgehead atoms. The van der Waals surface area contributed by atoms with E-state index in [1.807, 2.05) is 6.92 Å². The Morgan fingerprint density at radius 1 is 1.27 bits per heavy atom. The first kappa shape index (κ1) is 16.9. The summed E-state index contributed by atoms with van der Waals surface area (Å²) < 4.78 is 47.7. The molecule has 0 atom stereocenters. The van der Waals surface area contributed by atoms with Gasteiger partial charge in [0.25, 0.3) is 5.91 Å². The van der Waals surface area contributed by atoms with Gasteiger partial charge in [-0.15, -0.1) is 0 Å². The number of benzene rings is 1. The number of carbonyl (C=O) groups is 1. The molecule has 2 rings (SSSR count). The number of hydrogen-bond acceptors (Lipinski definition) is 3. The van der Waals surface area contributed by atoms with E-state index in [0.717, 1.165) is 31.4 Å². The quantitative estimate of drug-likeness (QED) is 0.772. The van der Waals surface area contributed by atoms with E-state index >= 15 is 0 Å². The fourth-order valence-electron chi connectivity index (χ4n) is 2.23. The largest absolute Gasteiger partial charge is 0.341 e. The maximum atomic E-state index is 12.5. The number of hydrogen-bond donors (Lipinski definition) is 0. The zero-order valence-electron chi connectivity index (χ0n) is 12.3. The highest BCUT2D eigenvalue weighted by atomic mass is 32.2. The lowest BCUT2D eigenvalue weighted by atomic mass is 10.2. The van der Waals surface area contributed by atoms with Crippen LogP contribution in [0.25, 0.3) is 0 Å². The SMILES string of the molecule is CCCN(CC1CC1)C(=O)c1ccc(S(=O)(=O)C(F)F)cc1. The zero-order chi connectivity index (χ0) is 16.3. The molecule has 1 fully saturated rings. The molecule has 7 heteroatoms. The molecular formula is C15H19F2NO3S. The molecule has 0 saturated heterocycles. The second-order valence-corrected chi connectivity index (χ2v) is 7.44. The molecule has 0 aromatic heterocycles. The smallest absolute Gasteiger partial charge is 0.338 e. The Bertz CT molecular complexity index is 625. The molecule has 1 aliphatic carbocycles. The number of alkyl halides is 2. The Balaban J connectivity index is 2.16. The van der Waals surface area contributed by atoms with E-state index in [4.69, 9.17) is 0 Å². The summed E-state index contributed by atoms with van der Waals surface area (Å²) in [7, 11) is -4.62. The van der Waals surface area contributed by atoms with Gasteiger partial charge in [-0.05, 0) is 49.4 Å². The maximum Gasteiger partial charge on any atom is 0.341 e. The van der Waals surface area contributed by atoms with Gasteiger partial charge < -0.3 is 4.90 Å². The second-order valence-electron chi connectivity index (χ2n) is 5.52. The Hall–Kier alpha value is -1.50. The molecule has 1 amide bonds. The van der Waals surface area contributed by atoms with Crippen molar-refractivity contribution in [1.82, 2.24) is 4.90 Å². The molecule has 1 aromatic rings. The second kappa shape index (κ2) is 6.73. The Labute approximate surface area is 129 Å². The van der Waals surface area contributed by atoms with E-state index in [2.05, 4.69) is 0 Å². The van der Waals surface area contributed by atoms with Gasteiger partial charge >= 0.3 is 5.76 Å². The van der Waals surface area contributed by atoms with Crippen molar-refractivity contribution in [2.75, 3.05) is 13.1 Å². The lowest BCUT2D eigenvalue weighted by Crippen LogP contribution is -2.33. The topological polar surface area (TPSA) is 54.5 Å². The minimum atomic E-state index is -4.62. The van der Waals surface area contributed by atoms with Crippen LogP contribution in [0.1, 0.15) is 36.5 Å². The van der Waals surface area contributed by atoms with Gasteiger partial charge in [0.15, 0.2) is 0 Å². The van der Waals surface area contributed by atoms with Crippen LogP contribution in [0.2, 0.25) is 0 Å². The van der Waals surface area contributed by atoms with E-state index in [9.17, 15) is 22.0 Å². The van der Waals surface area contributed by atoms with Gasteiger partial charge in [0.05, 0.1) is 4.90 Å². The summed E-state index contributed by atoms with van der Waals surface area (Å²) in [6.45, 7) is 3.31. The molecule has 4 nitrogen and oxygen atoms in total. The van der Waals surface area contributed by atoms with Crippen LogP contribution in [-0.2, 0) is 9.84 Å². The van der Waals surface area contributed by atoms with Gasteiger partial charge in [0, 0.05) is 18.7 Å². The molecule has 1 saturated carbocycles. The van der Waals surface area contributed by atoms with Crippen molar-refractivity contribution < 1.29 is 22.0 Å². The first-order valence-electron chi connectivity index (χ1n) is 7.27. The average molecular weight is 331 g/mol. The molecule has 122 valence electrons. The number of amides is 1. The summed E-state index contributed by atoms with van der Waals surface area (Å²) in [5.74, 6) is -3.09. The van der Waals surface area contributed by atoms with Crippen LogP contribution in [0.15, 0.2) is 29.2 Å². The van der Waals surface area contributed by atoms with Crippen LogP contribution in [-0.4, -0.2) is 38.1 Å². The number of rotatable bonds is 7. The first-order valence-corrected chi connectivity index (χ1v) is 8.82. The fourth-order valence-corrected chi connectivity index (χ4v) is 2.95. The molecule has 0 heterocycles. The molecule has 1 aromatic carbocycles. The van der Waals surface area contributed by atoms with Crippen molar-refractivity contribution in [3.63, 3.8) is 0 Å². The lowest BCUT2D eigenvalue weighted by Gasteiger charge is -2.22. The molecule has 0 unspecified atom stereocenters. The molecule has 22 heavy (non-hydrogen) atoms. The van der Waals surface area contributed by atoms with Crippen molar-refractivity contribution in [1.29, 1.82) is 0 Å². The van der Waals surface area contributed by atoms with E-state index in [1.54, 1.807) is 4.90 Å². The third-order valence-corrected chi connectivity index (χ3v) is 5.02. The summed E-state index contributed by atoms with van der Waals surface area (Å²) in [4.78, 5) is 13.7. The van der Waals surface area contributed by atoms with Gasteiger partial charge in [0.2, 0.25) is 9.84 Å². The van der Waals surface area contributed by atoms with Gasteiger partial charge in [-0.25, -0.2) is 8.42 Å². The van der Waals surface area contributed by atoms with E-state index in [-0.39, 0.29) is 5.91 Å². The van der Waals surface area contributed by atoms with Crippen LogP contribution in [0.5, 0.6) is 0 Å². The van der Waals surface area contributed by atoms with Crippen LogP contribution >= 0.6 is 0 Å². The first-order chi connectivity index (χ1) is 10.4. The van der Waals surface area contributed by atoms with Crippen LogP contribution in [0.3, 0.4) is 0 Å². The predicted octanol–water partition coefficient (Wildman–Crippen LogP) is 2.95. The fraction of sp³-hybridized carbons (Fsp3) is 0.533. The standard InChI is InChI=1S/C15H19F2NO3S/c1-2-9-18(10-11-3-4-11)14(19)12-5-7-13(8-6-12)22(20,21)15(16)17/h5-8,11,15H,2-4,9-10H2,1H3. The van der Waals surface area contributed by atoms with E-state index < -0.39 is 20.5 Å². The molecule has 0 spiro atoms. The van der Waals surface area contributed by atoms with Crippen molar-refractivity contribution in [2.45, 2.75) is 36.8 Å².